The summed E-state index contributed by atoms with van der Waals surface area (Å²) in [5.74, 6) is 0.730. The topological polar surface area (TPSA) is 28.2 Å². The van der Waals surface area contributed by atoms with Gasteiger partial charge in [0.1, 0.15) is 0 Å². The highest BCUT2D eigenvalue weighted by molar-refractivity contribution is 5.04. The van der Waals surface area contributed by atoms with Crippen molar-refractivity contribution in [1.82, 2.24) is 15.2 Å². The molecule has 2 rings (SSSR count). The van der Waals surface area contributed by atoms with Crippen LogP contribution in [0.2, 0.25) is 0 Å². The minimum absolute atomic E-state index is 0.578. The van der Waals surface area contributed by atoms with Crippen LogP contribution in [-0.4, -0.2) is 35.1 Å². The smallest absolute Gasteiger partial charge is 0.0544 e. The summed E-state index contributed by atoms with van der Waals surface area (Å²) in [5, 5.41) is 3.60. The molecule has 1 aliphatic rings. The molecule has 0 saturated carbocycles. The standard InChI is InChI=1S/C15H25N3/c1-4-12(2)15-9-17-13(3)10-18(15)11-14-7-5-6-8-16-14/h5-8,12-13,15,17H,4,9-11H2,1-3H3. The van der Waals surface area contributed by atoms with Gasteiger partial charge in [-0.3, -0.25) is 9.88 Å². The van der Waals surface area contributed by atoms with E-state index in [1.54, 1.807) is 0 Å². The Morgan fingerprint density at radius 3 is 3.00 bits per heavy atom. The van der Waals surface area contributed by atoms with Crippen molar-refractivity contribution in [2.45, 2.75) is 45.8 Å². The molecule has 2 heterocycles. The van der Waals surface area contributed by atoms with Gasteiger partial charge >= 0.3 is 0 Å². The number of hydrogen-bond donors (Lipinski definition) is 1. The van der Waals surface area contributed by atoms with Crippen LogP contribution in [0.4, 0.5) is 0 Å². The van der Waals surface area contributed by atoms with Gasteiger partial charge in [0, 0.05) is 37.9 Å². The fraction of sp³-hybridized carbons (Fsp3) is 0.667. The maximum absolute atomic E-state index is 4.46. The summed E-state index contributed by atoms with van der Waals surface area (Å²) in [4.78, 5) is 7.05. The van der Waals surface area contributed by atoms with Crippen molar-refractivity contribution in [2.24, 2.45) is 5.92 Å². The summed E-state index contributed by atoms with van der Waals surface area (Å²) >= 11 is 0. The molecule has 100 valence electrons. The summed E-state index contributed by atoms with van der Waals surface area (Å²) < 4.78 is 0. The minimum atomic E-state index is 0.578. The molecule has 0 bridgehead atoms. The van der Waals surface area contributed by atoms with Gasteiger partial charge in [-0.1, -0.05) is 26.3 Å². The van der Waals surface area contributed by atoms with Crippen LogP contribution < -0.4 is 5.32 Å². The highest BCUT2D eigenvalue weighted by Crippen LogP contribution is 2.19. The van der Waals surface area contributed by atoms with E-state index in [2.05, 4.69) is 48.1 Å². The molecule has 0 aliphatic carbocycles. The Kier molecular flexibility index (Phi) is 4.72. The third-order valence-electron chi connectivity index (χ3n) is 4.04. The van der Waals surface area contributed by atoms with Crippen molar-refractivity contribution in [1.29, 1.82) is 0 Å². The molecule has 0 aromatic carbocycles. The molecule has 1 aromatic heterocycles. The zero-order valence-corrected chi connectivity index (χ0v) is 11.8. The number of rotatable bonds is 4. The van der Waals surface area contributed by atoms with Gasteiger partial charge in [-0.2, -0.15) is 0 Å². The van der Waals surface area contributed by atoms with Crippen LogP contribution in [0.3, 0.4) is 0 Å². The summed E-state index contributed by atoms with van der Waals surface area (Å²) in [7, 11) is 0. The Balaban J connectivity index is 2.06. The zero-order valence-electron chi connectivity index (χ0n) is 11.8. The number of pyridine rings is 1. The van der Waals surface area contributed by atoms with Gasteiger partial charge in [0.15, 0.2) is 0 Å². The molecule has 0 amide bonds. The molecular formula is C15H25N3. The molecular weight excluding hydrogens is 222 g/mol. The lowest BCUT2D eigenvalue weighted by Gasteiger charge is -2.42. The predicted molar refractivity (Wildman–Crippen MR) is 75.4 cm³/mol. The average molecular weight is 247 g/mol. The van der Waals surface area contributed by atoms with Crippen molar-refractivity contribution < 1.29 is 0 Å². The number of piperazine rings is 1. The Morgan fingerprint density at radius 2 is 2.33 bits per heavy atom. The zero-order chi connectivity index (χ0) is 13.0. The van der Waals surface area contributed by atoms with E-state index in [-0.39, 0.29) is 0 Å². The van der Waals surface area contributed by atoms with Crippen LogP contribution in [0.15, 0.2) is 24.4 Å². The van der Waals surface area contributed by atoms with E-state index in [1.165, 1.54) is 12.1 Å². The van der Waals surface area contributed by atoms with E-state index < -0.39 is 0 Å². The molecule has 3 heteroatoms. The van der Waals surface area contributed by atoms with Crippen molar-refractivity contribution in [2.75, 3.05) is 13.1 Å². The summed E-state index contributed by atoms with van der Waals surface area (Å²) in [6, 6.07) is 7.39. The maximum atomic E-state index is 4.46. The first-order valence-electron chi connectivity index (χ1n) is 7.08. The van der Waals surface area contributed by atoms with Crippen LogP contribution in [-0.2, 0) is 6.54 Å². The lowest BCUT2D eigenvalue weighted by atomic mass is 9.94. The normalized spacial score (nSPS) is 27.1. The highest BCUT2D eigenvalue weighted by atomic mass is 15.2. The quantitative estimate of drug-likeness (QED) is 0.885. The van der Waals surface area contributed by atoms with E-state index >= 15 is 0 Å². The fourth-order valence-corrected chi connectivity index (χ4v) is 2.72. The molecule has 1 aliphatic heterocycles. The summed E-state index contributed by atoms with van der Waals surface area (Å²) in [6.45, 7) is 10.1. The summed E-state index contributed by atoms with van der Waals surface area (Å²) in [6.07, 6.45) is 3.12. The van der Waals surface area contributed by atoms with Crippen LogP contribution in [0.1, 0.15) is 32.9 Å². The monoisotopic (exact) mass is 247 g/mol. The SMILES string of the molecule is CCC(C)C1CNC(C)CN1Cc1ccccn1. The van der Waals surface area contributed by atoms with Gasteiger partial charge < -0.3 is 5.32 Å². The molecule has 0 spiro atoms. The van der Waals surface area contributed by atoms with Gasteiger partial charge in [-0.15, -0.1) is 0 Å². The number of nitrogens with zero attached hydrogens (tertiary/aromatic N) is 2. The molecule has 3 unspecified atom stereocenters. The van der Waals surface area contributed by atoms with E-state index in [0.29, 0.717) is 12.1 Å². The summed E-state index contributed by atoms with van der Waals surface area (Å²) in [5.41, 5.74) is 1.18. The number of nitrogens with one attached hydrogen (secondary N) is 1. The molecule has 3 nitrogen and oxygen atoms in total. The second-order valence-corrected chi connectivity index (χ2v) is 5.51. The van der Waals surface area contributed by atoms with Crippen molar-refractivity contribution in [3.63, 3.8) is 0 Å². The predicted octanol–water partition coefficient (Wildman–Crippen LogP) is 2.29. The number of hydrogen-bond acceptors (Lipinski definition) is 3. The Bertz CT molecular complexity index is 352. The Hall–Kier alpha value is -0.930. The van der Waals surface area contributed by atoms with Gasteiger partial charge in [-0.05, 0) is 25.0 Å². The van der Waals surface area contributed by atoms with Gasteiger partial charge in [0.25, 0.3) is 0 Å². The second-order valence-electron chi connectivity index (χ2n) is 5.51. The lowest BCUT2D eigenvalue weighted by Crippen LogP contribution is -2.57. The maximum Gasteiger partial charge on any atom is 0.0544 e. The van der Waals surface area contributed by atoms with E-state index in [0.717, 1.165) is 25.6 Å². The molecule has 1 aromatic rings. The first kappa shape index (κ1) is 13.5. The minimum Gasteiger partial charge on any atom is -0.311 e. The Labute approximate surface area is 111 Å². The molecule has 1 N–H and O–H groups in total. The number of aromatic nitrogens is 1. The first-order valence-corrected chi connectivity index (χ1v) is 7.08. The van der Waals surface area contributed by atoms with Crippen LogP contribution in [0.5, 0.6) is 0 Å². The fourth-order valence-electron chi connectivity index (χ4n) is 2.72. The molecule has 1 saturated heterocycles. The third kappa shape index (κ3) is 3.30. The average Bonchev–Trinajstić information content (AvgIpc) is 2.39. The van der Waals surface area contributed by atoms with E-state index in [1.807, 2.05) is 12.3 Å². The van der Waals surface area contributed by atoms with Gasteiger partial charge in [0.05, 0.1) is 5.69 Å². The van der Waals surface area contributed by atoms with Gasteiger partial charge in [-0.25, -0.2) is 0 Å². The van der Waals surface area contributed by atoms with Crippen molar-refractivity contribution in [3.8, 4) is 0 Å². The second kappa shape index (κ2) is 6.30. The molecule has 3 atom stereocenters. The molecule has 1 fully saturated rings. The highest BCUT2D eigenvalue weighted by Gasteiger charge is 2.29. The van der Waals surface area contributed by atoms with E-state index in [4.69, 9.17) is 0 Å². The van der Waals surface area contributed by atoms with Crippen LogP contribution in [0, 0.1) is 5.92 Å². The van der Waals surface area contributed by atoms with Crippen molar-refractivity contribution >= 4 is 0 Å². The van der Waals surface area contributed by atoms with Crippen LogP contribution in [0.25, 0.3) is 0 Å². The molecule has 18 heavy (non-hydrogen) atoms. The van der Waals surface area contributed by atoms with E-state index in [9.17, 15) is 0 Å². The lowest BCUT2D eigenvalue weighted by molar-refractivity contribution is 0.0873. The van der Waals surface area contributed by atoms with Gasteiger partial charge in [0.2, 0.25) is 0 Å². The van der Waals surface area contributed by atoms with Crippen LogP contribution >= 0.6 is 0 Å². The Morgan fingerprint density at radius 1 is 1.50 bits per heavy atom. The first-order chi connectivity index (χ1) is 8.70. The molecule has 0 radical (unpaired) electrons. The van der Waals surface area contributed by atoms with Crippen molar-refractivity contribution in [3.05, 3.63) is 30.1 Å². The third-order valence-corrected chi connectivity index (χ3v) is 4.04. The largest absolute Gasteiger partial charge is 0.311 e.